The molecule has 8 atom stereocenters. The van der Waals surface area contributed by atoms with Crippen molar-refractivity contribution in [3.05, 3.63) is 58.7 Å². The van der Waals surface area contributed by atoms with Crippen LogP contribution in [0.3, 0.4) is 0 Å². The third-order valence-corrected chi connectivity index (χ3v) is 13.0. The first-order chi connectivity index (χ1) is 19.7. The van der Waals surface area contributed by atoms with Gasteiger partial charge in [0.1, 0.15) is 17.3 Å². The van der Waals surface area contributed by atoms with Crippen molar-refractivity contribution < 1.29 is 20.2 Å². The fraction of sp³-hybridized carbons (Fsp3) is 0.632. The molecule has 8 rings (SSSR count). The van der Waals surface area contributed by atoms with Crippen LogP contribution in [0.25, 0.3) is 0 Å². The van der Waals surface area contributed by atoms with Gasteiger partial charge in [-0.1, -0.05) is 46.0 Å². The maximum atomic E-state index is 12.3. The van der Waals surface area contributed by atoms with Crippen LogP contribution in [0, 0.1) is 34.5 Å². The Morgan fingerprint density at radius 1 is 0.674 bits per heavy atom. The van der Waals surface area contributed by atoms with Gasteiger partial charge < -0.3 is 15.4 Å². The minimum Gasteiger partial charge on any atom is -0.508 e. The fourth-order valence-corrected chi connectivity index (χ4v) is 10.9. The second kappa shape index (κ2) is 11.6. The predicted octanol–water partition coefficient (Wildman–Crippen LogP) is 9.17. The fourth-order valence-electron chi connectivity index (χ4n) is 10.9. The highest BCUT2D eigenvalue weighted by Crippen LogP contribution is 2.61. The van der Waals surface area contributed by atoms with Crippen LogP contribution in [0.5, 0.6) is 11.5 Å². The van der Waals surface area contributed by atoms with Gasteiger partial charge in [-0.05, 0) is 153 Å². The zero-order valence-electron chi connectivity index (χ0n) is 24.6. The summed E-state index contributed by atoms with van der Waals surface area (Å²) >= 11 is 0. The van der Waals surface area contributed by atoms with Crippen LogP contribution >= 0.6 is 0 Å². The van der Waals surface area contributed by atoms with Crippen molar-refractivity contribution in [1.82, 2.24) is 0 Å². The van der Waals surface area contributed by atoms with Gasteiger partial charge >= 0.3 is 0 Å². The number of benzene rings is 2. The third-order valence-electron chi connectivity index (χ3n) is 13.0. The number of phenolic OH excluding ortho intramolecular Hbond substituents is 2. The van der Waals surface area contributed by atoms with E-state index < -0.39 is 0 Å². The van der Waals surface area contributed by atoms with Gasteiger partial charge in [0.2, 0.25) is 0 Å². The minimum atomic E-state index is -0.0322. The molecule has 3 N–H and O–H groups in total. The summed E-state index contributed by atoms with van der Waals surface area (Å²) in [4.78, 5) is 12.3. The van der Waals surface area contributed by atoms with Crippen molar-refractivity contribution in [3.63, 3.8) is 0 Å². The Bertz CT molecular complexity index is 1400. The lowest BCUT2D eigenvalue weighted by atomic mass is 9.55. The molecule has 0 heterocycles. The van der Waals surface area contributed by atoms with Crippen molar-refractivity contribution in [3.8, 4) is 11.5 Å². The Balaban J connectivity index is 0.000000164. The lowest BCUT2D eigenvalue weighted by Crippen LogP contribution is -2.42. The predicted molar refractivity (Wildman–Crippen MR) is 173 cm³/mol. The molecule has 0 saturated heterocycles. The number of oxime groups is 1. The van der Waals surface area contributed by atoms with Crippen LogP contribution in [-0.4, -0.2) is 26.9 Å². The van der Waals surface area contributed by atoms with Gasteiger partial charge in [0.25, 0.3) is 0 Å². The number of hydrogen-bond donors (Lipinski definition) is 3. The minimum absolute atomic E-state index is 0. The first kappa shape index (κ1) is 31.6. The maximum absolute atomic E-state index is 12.3. The molecule has 5 heteroatoms. The monoisotopic (exact) mass is 587 g/mol. The van der Waals surface area contributed by atoms with Gasteiger partial charge in [0.05, 0.1) is 5.71 Å². The molecule has 0 aliphatic heterocycles. The third kappa shape index (κ3) is 4.90. The van der Waals surface area contributed by atoms with Crippen LogP contribution in [0.2, 0.25) is 0 Å². The van der Waals surface area contributed by atoms with Gasteiger partial charge in [-0.3, -0.25) is 4.79 Å². The van der Waals surface area contributed by atoms with E-state index in [4.69, 9.17) is 0 Å². The Hall–Kier alpha value is -2.82. The van der Waals surface area contributed by atoms with Crippen LogP contribution in [0.4, 0.5) is 0 Å². The molecule has 2 aromatic carbocycles. The number of nitrogens with zero attached hydrogens (tertiary/aromatic N) is 1. The molecule has 0 bridgehead atoms. The summed E-state index contributed by atoms with van der Waals surface area (Å²) in [5.41, 5.74) is 6.69. The van der Waals surface area contributed by atoms with E-state index in [1.165, 1.54) is 47.9 Å². The van der Waals surface area contributed by atoms with Crippen molar-refractivity contribution in [2.45, 2.75) is 118 Å². The highest BCUT2D eigenvalue weighted by atomic mass is 16.4. The summed E-state index contributed by atoms with van der Waals surface area (Å²) in [6.07, 6.45) is 13.1. The van der Waals surface area contributed by atoms with Crippen LogP contribution in [-0.2, 0) is 17.6 Å². The first-order valence-electron chi connectivity index (χ1n) is 16.1. The zero-order valence-corrected chi connectivity index (χ0v) is 24.6. The van der Waals surface area contributed by atoms with Crippen molar-refractivity contribution in [1.29, 1.82) is 0 Å². The zero-order chi connectivity index (χ0) is 28.5. The van der Waals surface area contributed by atoms with E-state index in [1.54, 1.807) is 0 Å². The van der Waals surface area contributed by atoms with E-state index in [-0.39, 0.29) is 25.7 Å². The smallest absolute Gasteiger partial charge is 0.139 e. The van der Waals surface area contributed by atoms with Crippen LogP contribution in [0.15, 0.2) is 41.6 Å². The molecular weight excluding hydrogens is 534 g/mol. The number of aryl methyl sites for hydroxylation is 2. The largest absolute Gasteiger partial charge is 0.508 e. The number of Topliss-reactive ketones (excluding diaryl/α,β-unsaturated/α-hetero) is 1. The summed E-state index contributed by atoms with van der Waals surface area (Å²) in [6.45, 7) is 4.53. The molecule has 2 aromatic rings. The van der Waals surface area contributed by atoms with E-state index in [9.17, 15) is 20.2 Å². The van der Waals surface area contributed by atoms with Gasteiger partial charge in [-0.15, -0.1) is 0 Å². The molecule has 43 heavy (non-hydrogen) atoms. The maximum Gasteiger partial charge on any atom is 0.139 e. The average molecular weight is 588 g/mol. The van der Waals surface area contributed by atoms with E-state index >= 15 is 0 Å². The molecule has 6 unspecified atom stereocenters. The number of carbonyl (C=O) groups is 1. The molecule has 4 fully saturated rings. The SMILES string of the molecule is C.C.C[C@]12CCC3c4ccc(O)cc4CCC3C1CC/C2=N\O.C[C@]12CCC3c4ccc(O)cc4CCC3C1CCC2=O. The highest BCUT2D eigenvalue weighted by Gasteiger charge is 2.55. The molecule has 0 aromatic heterocycles. The van der Waals surface area contributed by atoms with E-state index in [0.29, 0.717) is 52.8 Å². The quantitative estimate of drug-likeness (QED) is 0.212. The lowest BCUT2D eigenvalue weighted by Gasteiger charge is -2.48. The lowest BCUT2D eigenvalue weighted by molar-refractivity contribution is -0.129. The Labute approximate surface area is 258 Å². The number of aromatic hydroxyl groups is 2. The summed E-state index contributed by atoms with van der Waals surface area (Å²) in [6, 6.07) is 11.8. The molecular formula is C38H53NO4. The van der Waals surface area contributed by atoms with Gasteiger partial charge in [0, 0.05) is 17.3 Å². The van der Waals surface area contributed by atoms with Gasteiger partial charge in [-0.25, -0.2) is 0 Å². The summed E-state index contributed by atoms with van der Waals surface area (Å²) < 4.78 is 0. The average Bonchev–Trinajstić information content (AvgIpc) is 3.48. The normalized spacial score (nSPS) is 37.5. The number of ketones is 1. The van der Waals surface area contributed by atoms with Crippen LogP contribution < -0.4 is 0 Å². The van der Waals surface area contributed by atoms with E-state index in [1.807, 2.05) is 24.3 Å². The number of fused-ring (bicyclic) bond motifs is 10. The molecule has 5 nitrogen and oxygen atoms in total. The van der Waals surface area contributed by atoms with Crippen molar-refractivity contribution in [2.75, 3.05) is 0 Å². The molecule has 6 aliphatic carbocycles. The summed E-state index contributed by atoms with van der Waals surface area (Å²) in [5, 5.41) is 32.3. The second-order valence-electron chi connectivity index (χ2n) is 14.6. The topological polar surface area (TPSA) is 90.1 Å². The molecule has 4 saturated carbocycles. The molecule has 0 radical (unpaired) electrons. The molecule has 6 aliphatic rings. The van der Waals surface area contributed by atoms with E-state index in [2.05, 4.69) is 31.1 Å². The van der Waals surface area contributed by atoms with Gasteiger partial charge in [-0.2, -0.15) is 0 Å². The molecule has 234 valence electrons. The van der Waals surface area contributed by atoms with Crippen molar-refractivity contribution in [2.24, 2.45) is 39.7 Å². The van der Waals surface area contributed by atoms with Crippen molar-refractivity contribution >= 4 is 11.5 Å². The molecule has 0 spiro atoms. The van der Waals surface area contributed by atoms with E-state index in [0.717, 1.165) is 57.1 Å². The number of hydrogen-bond acceptors (Lipinski definition) is 5. The Kier molecular flexibility index (Phi) is 8.52. The number of phenols is 2. The summed E-state index contributed by atoms with van der Waals surface area (Å²) in [7, 11) is 0. The summed E-state index contributed by atoms with van der Waals surface area (Å²) in [5.74, 6) is 5.17. The Morgan fingerprint density at radius 2 is 1.16 bits per heavy atom. The number of carbonyl (C=O) groups excluding carboxylic acids is 1. The standard InChI is InChI=1S/C18H23NO2.C18H22O2.2CH4/c1-18-9-8-14-13-5-3-12(20)10-11(13)2-4-15(14)16(18)6-7-17(18)19-21;1-18-9-8-14-13-5-3-12(19)10-11(13)2-4-15(14)16(18)6-7-17(18)20;;/h3,5,10,14-16,20-21H,2,4,6-9H2,1H3;3,5,10,14-16,19H,2,4,6-9H2,1H3;2*1H4/b19-17+;;;/t2*14?,15?,16?,18-;;/m00../s1. The number of rotatable bonds is 0. The van der Waals surface area contributed by atoms with Gasteiger partial charge in [0.15, 0.2) is 0 Å². The van der Waals surface area contributed by atoms with Crippen LogP contribution in [0.1, 0.15) is 127 Å². The Morgan fingerprint density at radius 3 is 1.70 bits per heavy atom. The molecule has 0 amide bonds. The highest BCUT2D eigenvalue weighted by molar-refractivity contribution is 5.92. The second-order valence-corrected chi connectivity index (χ2v) is 14.6. The first-order valence-corrected chi connectivity index (χ1v) is 16.1.